The third kappa shape index (κ3) is 5.12. The van der Waals surface area contributed by atoms with Crippen LogP contribution in [0.4, 0.5) is 0 Å². The number of phenolic OH excluding ortho intramolecular Hbond substituents is 1. The molecule has 3 rings (SSSR count). The number of hydrogen-bond acceptors (Lipinski definition) is 4. The average molecular weight is 412 g/mol. The third-order valence-corrected chi connectivity index (χ3v) is 5.50. The Morgan fingerprint density at radius 3 is 2.37 bits per heavy atom. The van der Waals surface area contributed by atoms with Crippen LogP contribution in [0, 0.1) is 5.41 Å². The first kappa shape index (κ1) is 23.2. The Bertz CT molecular complexity index is 748. The second kappa shape index (κ2) is 9.93. The second-order valence-electron chi connectivity index (χ2n) is 6.96. The number of nitrogens with one attached hydrogen (secondary N) is 1. The zero-order valence-electron chi connectivity index (χ0n) is 15.4. The summed E-state index contributed by atoms with van der Waals surface area (Å²) in [6.07, 6.45) is 7.29. The molecule has 4 N–H and O–H groups in total. The smallest absolute Gasteiger partial charge is 0.223 e. The van der Waals surface area contributed by atoms with Gasteiger partial charge in [-0.05, 0) is 80.1 Å². The number of primary amides is 1. The van der Waals surface area contributed by atoms with Crippen LogP contribution in [0.15, 0.2) is 42.7 Å². The molecule has 148 valence electrons. The Morgan fingerprint density at radius 2 is 1.81 bits per heavy atom. The number of carbonyl (C=O) groups excluding carboxylic acids is 1. The van der Waals surface area contributed by atoms with E-state index in [0.29, 0.717) is 12.5 Å². The lowest BCUT2D eigenvalue weighted by molar-refractivity contribution is -0.129. The highest BCUT2D eigenvalue weighted by Gasteiger charge is 2.40. The van der Waals surface area contributed by atoms with E-state index in [4.69, 9.17) is 5.73 Å². The molecule has 1 aromatic carbocycles. The molecule has 0 radical (unpaired) electrons. The fourth-order valence-electron chi connectivity index (χ4n) is 3.78. The first-order valence-corrected chi connectivity index (χ1v) is 8.73. The van der Waals surface area contributed by atoms with Crippen molar-refractivity contribution in [2.75, 3.05) is 7.05 Å². The number of aromatic hydroxyl groups is 1. The van der Waals surface area contributed by atoms with Crippen LogP contribution < -0.4 is 11.1 Å². The summed E-state index contributed by atoms with van der Waals surface area (Å²) in [4.78, 5) is 16.3. The van der Waals surface area contributed by atoms with E-state index >= 15 is 0 Å². The molecule has 1 heterocycles. The van der Waals surface area contributed by atoms with E-state index in [1.54, 1.807) is 18.5 Å². The fraction of sp³-hybridized carbons (Fsp3) is 0.400. The number of aromatic nitrogens is 1. The van der Waals surface area contributed by atoms with Crippen LogP contribution in [0.2, 0.25) is 0 Å². The molecule has 1 aromatic heterocycles. The van der Waals surface area contributed by atoms with Crippen LogP contribution >= 0.6 is 24.8 Å². The molecule has 1 fully saturated rings. The van der Waals surface area contributed by atoms with E-state index in [1.165, 1.54) is 0 Å². The van der Waals surface area contributed by atoms with Gasteiger partial charge < -0.3 is 16.2 Å². The van der Waals surface area contributed by atoms with Crippen molar-refractivity contribution in [3.8, 4) is 16.9 Å². The van der Waals surface area contributed by atoms with Crippen molar-refractivity contribution in [1.82, 2.24) is 10.3 Å². The zero-order chi connectivity index (χ0) is 17.9. The van der Waals surface area contributed by atoms with Crippen molar-refractivity contribution in [3.05, 3.63) is 48.3 Å². The quantitative estimate of drug-likeness (QED) is 0.702. The summed E-state index contributed by atoms with van der Waals surface area (Å²) in [5.41, 5.74) is 8.01. The molecule has 7 heteroatoms. The Labute approximate surface area is 172 Å². The minimum absolute atomic E-state index is 0. The van der Waals surface area contributed by atoms with Crippen LogP contribution in [0.5, 0.6) is 5.75 Å². The maximum absolute atomic E-state index is 12.3. The standard InChI is InChI=1S/C20H25N3O2.2ClH/c1-22-17-4-8-20(9-5-17,19(21)25)13-16-12-15(2-3-18(16)24)14-6-10-23-11-7-14;;/h2-3,6-7,10-12,17,22,24H,4-5,8-9,13H2,1H3,(H2,21,25);2*1H. The normalized spacial score (nSPS) is 21.6. The Morgan fingerprint density at radius 1 is 1.19 bits per heavy atom. The van der Waals surface area contributed by atoms with Crippen LogP contribution in [0.1, 0.15) is 31.2 Å². The van der Waals surface area contributed by atoms with Gasteiger partial charge in [0.25, 0.3) is 0 Å². The van der Waals surface area contributed by atoms with Crippen LogP contribution in [0.25, 0.3) is 11.1 Å². The molecule has 5 nitrogen and oxygen atoms in total. The minimum Gasteiger partial charge on any atom is -0.508 e. The summed E-state index contributed by atoms with van der Waals surface area (Å²) in [5.74, 6) is -0.0510. The molecule has 0 bridgehead atoms. The van der Waals surface area contributed by atoms with Crippen LogP contribution in [-0.2, 0) is 11.2 Å². The minimum atomic E-state index is -0.582. The molecule has 0 aliphatic heterocycles. The molecule has 1 saturated carbocycles. The van der Waals surface area contributed by atoms with E-state index in [0.717, 1.165) is 42.4 Å². The molecule has 0 unspecified atom stereocenters. The summed E-state index contributed by atoms with van der Waals surface area (Å²) in [6, 6.07) is 9.82. The van der Waals surface area contributed by atoms with Gasteiger partial charge in [-0.2, -0.15) is 0 Å². The number of halogens is 2. The molecular weight excluding hydrogens is 385 g/mol. The lowest BCUT2D eigenvalue weighted by atomic mass is 9.68. The number of amides is 1. The molecule has 0 atom stereocenters. The summed E-state index contributed by atoms with van der Waals surface area (Å²) >= 11 is 0. The molecule has 0 saturated heterocycles. The molecule has 0 spiro atoms. The molecule has 1 amide bonds. The van der Waals surface area contributed by atoms with Crippen molar-refractivity contribution in [2.45, 2.75) is 38.1 Å². The van der Waals surface area contributed by atoms with Crippen molar-refractivity contribution < 1.29 is 9.90 Å². The SMILES string of the molecule is CNC1CCC(Cc2cc(-c3ccncc3)ccc2O)(C(N)=O)CC1.Cl.Cl. The van der Waals surface area contributed by atoms with E-state index < -0.39 is 5.41 Å². The first-order chi connectivity index (χ1) is 12.0. The monoisotopic (exact) mass is 411 g/mol. The van der Waals surface area contributed by atoms with Crippen LogP contribution in [0.3, 0.4) is 0 Å². The van der Waals surface area contributed by atoms with Crippen LogP contribution in [-0.4, -0.2) is 29.1 Å². The topological polar surface area (TPSA) is 88.2 Å². The summed E-state index contributed by atoms with van der Waals surface area (Å²) in [7, 11) is 1.95. The Hall–Kier alpha value is -1.82. The average Bonchev–Trinajstić information content (AvgIpc) is 2.64. The number of nitrogens with zero attached hydrogens (tertiary/aromatic N) is 1. The predicted molar refractivity (Wildman–Crippen MR) is 112 cm³/mol. The van der Waals surface area contributed by atoms with Crippen molar-refractivity contribution >= 4 is 30.7 Å². The Balaban J connectivity index is 0.00000182. The lowest BCUT2D eigenvalue weighted by Crippen LogP contribution is -2.45. The highest BCUT2D eigenvalue weighted by Crippen LogP contribution is 2.41. The largest absolute Gasteiger partial charge is 0.508 e. The van der Waals surface area contributed by atoms with E-state index in [-0.39, 0.29) is 36.5 Å². The van der Waals surface area contributed by atoms with Gasteiger partial charge in [0.2, 0.25) is 5.91 Å². The number of nitrogens with two attached hydrogens (primary N) is 1. The summed E-state index contributed by atoms with van der Waals surface area (Å²) in [6.45, 7) is 0. The maximum atomic E-state index is 12.3. The second-order valence-corrected chi connectivity index (χ2v) is 6.96. The number of phenols is 1. The summed E-state index contributed by atoms with van der Waals surface area (Å²) in [5, 5.41) is 13.6. The number of benzene rings is 1. The molecule has 1 aliphatic carbocycles. The van der Waals surface area contributed by atoms with Crippen molar-refractivity contribution in [2.24, 2.45) is 11.1 Å². The van der Waals surface area contributed by atoms with Crippen molar-refractivity contribution in [3.63, 3.8) is 0 Å². The number of rotatable bonds is 5. The predicted octanol–water partition coefficient (Wildman–Crippen LogP) is 3.47. The highest BCUT2D eigenvalue weighted by atomic mass is 35.5. The van der Waals surface area contributed by atoms with E-state index in [9.17, 15) is 9.90 Å². The first-order valence-electron chi connectivity index (χ1n) is 8.73. The zero-order valence-corrected chi connectivity index (χ0v) is 17.0. The summed E-state index contributed by atoms with van der Waals surface area (Å²) < 4.78 is 0. The number of pyridine rings is 1. The number of hydrogen-bond donors (Lipinski definition) is 3. The molecule has 2 aromatic rings. The number of carbonyl (C=O) groups is 1. The molecule has 1 aliphatic rings. The Kier molecular flexibility index (Phi) is 8.54. The van der Waals surface area contributed by atoms with Gasteiger partial charge in [-0.3, -0.25) is 9.78 Å². The van der Waals surface area contributed by atoms with Gasteiger partial charge in [0, 0.05) is 18.4 Å². The van der Waals surface area contributed by atoms with Crippen molar-refractivity contribution in [1.29, 1.82) is 0 Å². The fourth-order valence-corrected chi connectivity index (χ4v) is 3.78. The highest BCUT2D eigenvalue weighted by molar-refractivity contribution is 5.85. The molecule has 27 heavy (non-hydrogen) atoms. The van der Waals surface area contributed by atoms with Gasteiger partial charge in [-0.1, -0.05) is 6.07 Å². The van der Waals surface area contributed by atoms with Gasteiger partial charge >= 0.3 is 0 Å². The van der Waals surface area contributed by atoms with Gasteiger partial charge in [-0.15, -0.1) is 24.8 Å². The van der Waals surface area contributed by atoms with E-state index in [1.807, 2.05) is 31.3 Å². The van der Waals surface area contributed by atoms with Gasteiger partial charge in [0.1, 0.15) is 5.75 Å². The lowest BCUT2D eigenvalue weighted by Gasteiger charge is -2.38. The van der Waals surface area contributed by atoms with Gasteiger partial charge in [0.05, 0.1) is 5.41 Å². The van der Waals surface area contributed by atoms with Gasteiger partial charge in [0.15, 0.2) is 0 Å². The van der Waals surface area contributed by atoms with E-state index in [2.05, 4.69) is 10.3 Å². The van der Waals surface area contributed by atoms with Gasteiger partial charge in [-0.25, -0.2) is 0 Å². The third-order valence-electron chi connectivity index (χ3n) is 5.50. The maximum Gasteiger partial charge on any atom is 0.223 e. The molecular formula is C20H27Cl2N3O2.